The second kappa shape index (κ2) is 11.9. The first-order chi connectivity index (χ1) is 18.0. The normalized spacial score (nSPS) is 20.9. The van der Waals surface area contributed by atoms with Gasteiger partial charge in [0, 0.05) is 42.8 Å². The van der Waals surface area contributed by atoms with Crippen LogP contribution in [0.1, 0.15) is 53.4 Å². The molecule has 8 nitrogen and oxygen atoms in total. The van der Waals surface area contributed by atoms with Crippen LogP contribution >= 0.6 is 11.6 Å². The maximum Gasteiger partial charge on any atom is 0.242 e. The number of benzene rings is 2. The van der Waals surface area contributed by atoms with Gasteiger partial charge in [0.1, 0.15) is 6.04 Å². The fourth-order valence-corrected chi connectivity index (χ4v) is 7.13. The average Bonchev–Trinajstić information content (AvgIpc) is 3.32. The van der Waals surface area contributed by atoms with Gasteiger partial charge in [-0.15, -0.1) is 0 Å². The third-order valence-corrected chi connectivity index (χ3v) is 9.39. The van der Waals surface area contributed by atoms with E-state index in [-0.39, 0.29) is 29.3 Å². The van der Waals surface area contributed by atoms with Crippen LogP contribution in [0.2, 0.25) is 5.02 Å². The smallest absolute Gasteiger partial charge is 0.242 e. The first-order valence-electron chi connectivity index (χ1n) is 13.5. The van der Waals surface area contributed by atoms with Gasteiger partial charge in [0.25, 0.3) is 0 Å². The number of nitrogens with one attached hydrogen (secondary N) is 1. The minimum atomic E-state index is -3.94. The first kappa shape index (κ1) is 28.8. The van der Waals surface area contributed by atoms with Gasteiger partial charge in [0.2, 0.25) is 21.8 Å². The van der Waals surface area contributed by atoms with E-state index in [0.717, 1.165) is 24.8 Å². The highest BCUT2D eigenvalue weighted by Crippen LogP contribution is 2.25. The van der Waals surface area contributed by atoms with Crippen molar-refractivity contribution in [1.29, 1.82) is 0 Å². The maximum absolute atomic E-state index is 13.3. The van der Waals surface area contributed by atoms with Gasteiger partial charge in [-0.25, -0.2) is 8.42 Å². The van der Waals surface area contributed by atoms with E-state index in [2.05, 4.69) is 37.3 Å². The lowest BCUT2D eigenvalue weighted by Gasteiger charge is -2.37. The third-order valence-electron chi connectivity index (χ3n) is 7.68. The zero-order valence-corrected chi connectivity index (χ0v) is 24.3. The Bertz CT molecular complexity index is 1270. The molecule has 2 aromatic rings. The quantitative estimate of drug-likeness (QED) is 0.501. The highest BCUT2D eigenvalue weighted by Gasteiger charge is 2.36. The molecule has 10 heteroatoms. The van der Waals surface area contributed by atoms with Crippen LogP contribution in [-0.4, -0.2) is 85.3 Å². The van der Waals surface area contributed by atoms with Crippen molar-refractivity contribution in [3.8, 4) is 0 Å². The van der Waals surface area contributed by atoms with Crippen molar-refractivity contribution < 1.29 is 18.0 Å². The van der Waals surface area contributed by atoms with Crippen molar-refractivity contribution in [3.63, 3.8) is 0 Å². The lowest BCUT2D eigenvalue weighted by atomic mass is 10.1. The van der Waals surface area contributed by atoms with E-state index in [9.17, 15) is 18.0 Å². The van der Waals surface area contributed by atoms with Crippen LogP contribution in [0, 0.1) is 0 Å². The molecule has 0 bridgehead atoms. The second-order valence-electron chi connectivity index (χ2n) is 11.0. The number of hydrogen-bond donors (Lipinski definition) is 1. The fourth-order valence-electron chi connectivity index (χ4n) is 5.69. The van der Waals surface area contributed by atoms with Crippen LogP contribution < -0.4 is 4.72 Å². The second-order valence-corrected chi connectivity index (χ2v) is 13.1. The molecule has 2 amide bonds. The number of halogens is 1. The number of fused-ring (bicyclic) bond motifs is 1. The van der Waals surface area contributed by atoms with Gasteiger partial charge in [-0.05, 0) is 88.4 Å². The summed E-state index contributed by atoms with van der Waals surface area (Å²) in [5, 5.41) is 2.09. The lowest BCUT2D eigenvalue weighted by Crippen LogP contribution is -2.55. The molecule has 0 aromatic heterocycles. The maximum atomic E-state index is 13.3. The SMILES string of the molecule is CC(C)N(CC1CCCN1C(=O)CN1CCCC(NS(=O)(=O)c2ccc3ccc(Cl)cc3c2)C1=O)C(C)C. The fraction of sp³-hybridized carbons (Fsp3) is 0.571. The molecule has 0 saturated carbocycles. The van der Waals surface area contributed by atoms with Crippen molar-refractivity contribution in [2.45, 2.75) is 82.4 Å². The molecule has 0 radical (unpaired) electrons. The van der Waals surface area contributed by atoms with Crippen LogP contribution in [0.4, 0.5) is 0 Å². The molecule has 2 saturated heterocycles. The summed E-state index contributed by atoms with van der Waals surface area (Å²) in [6.07, 6.45) is 2.92. The van der Waals surface area contributed by atoms with E-state index in [1.54, 1.807) is 24.3 Å². The summed E-state index contributed by atoms with van der Waals surface area (Å²) in [6.45, 7) is 10.6. The molecule has 2 aliphatic heterocycles. The minimum Gasteiger partial charge on any atom is -0.337 e. The minimum absolute atomic E-state index is 0.0224. The molecule has 2 fully saturated rings. The Hall–Kier alpha value is -2.20. The number of rotatable bonds is 9. The third kappa shape index (κ3) is 6.50. The van der Waals surface area contributed by atoms with Crippen molar-refractivity contribution in [2.75, 3.05) is 26.2 Å². The standard InChI is InChI=1S/C28H39ClN4O4S/c1-19(2)33(20(3)4)17-24-7-5-14-32(24)27(34)18-31-13-6-8-26(28(31)35)30-38(36,37)25-12-10-21-9-11-23(29)15-22(21)16-25/h9-12,15-16,19-20,24,26,30H,5-8,13-14,17-18H2,1-4H3. The molecule has 4 rings (SSSR count). The van der Waals surface area contributed by atoms with Crippen LogP contribution in [0.3, 0.4) is 0 Å². The number of amides is 2. The van der Waals surface area contributed by atoms with Gasteiger partial charge in [0.05, 0.1) is 11.4 Å². The largest absolute Gasteiger partial charge is 0.337 e. The molecule has 0 aliphatic carbocycles. The van der Waals surface area contributed by atoms with E-state index < -0.39 is 16.1 Å². The predicted octanol–water partition coefficient (Wildman–Crippen LogP) is 3.87. The van der Waals surface area contributed by atoms with Gasteiger partial charge >= 0.3 is 0 Å². The summed E-state index contributed by atoms with van der Waals surface area (Å²) in [4.78, 5) is 32.5. The lowest BCUT2D eigenvalue weighted by molar-refractivity contribution is -0.143. The Morgan fingerprint density at radius 3 is 2.42 bits per heavy atom. The summed E-state index contributed by atoms with van der Waals surface area (Å²) in [5.74, 6) is -0.415. The van der Waals surface area contributed by atoms with Crippen molar-refractivity contribution in [3.05, 3.63) is 41.4 Å². The highest BCUT2D eigenvalue weighted by molar-refractivity contribution is 7.89. The van der Waals surface area contributed by atoms with E-state index in [1.165, 1.54) is 11.0 Å². The van der Waals surface area contributed by atoms with Crippen LogP contribution in [0.15, 0.2) is 41.3 Å². The van der Waals surface area contributed by atoms with Crippen molar-refractivity contribution in [1.82, 2.24) is 19.4 Å². The van der Waals surface area contributed by atoms with Crippen LogP contribution in [0.25, 0.3) is 10.8 Å². The molecule has 38 heavy (non-hydrogen) atoms. The molecular weight excluding hydrogens is 524 g/mol. The Morgan fingerprint density at radius 2 is 1.71 bits per heavy atom. The van der Waals surface area contributed by atoms with E-state index >= 15 is 0 Å². The number of hydrogen-bond acceptors (Lipinski definition) is 5. The summed E-state index contributed by atoms with van der Waals surface area (Å²) >= 11 is 6.08. The number of carbonyl (C=O) groups excluding carboxylic acids is 2. The van der Waals surface area contributed by atoms with E-state index in [4.69, 9.17) is 11.6 Å². The Labute approximate surface area is 231 Å². The van der Waals surface area contributed by atoms with Gasteiger partial charge in [-0.3, -0.25) is 14.5 Å². The molecule has 2 aliphatic rings. The Kier molecular flexibility index (Phi) is 9.02. The number of likely N-dealkylation sites (tertiary alicyclic amines) is 2. The number of nitrogens with zero attached hydrogens (tertiary/aromatic N) is 3. The number of carbonyl (C=O) groups is 2. The van der Waals surface area contributed by atoms with Crippen LogP contribution in [-0.2, 0) is 19.6 Å². The highest BCUT2D eigenvalue weighted by atomic mass is 35.5. The zero-order valence-electron chi connectivity index (χ0n) is 22.7. The summed E-state index contributed by atoms with van der Waals surface area (Å²) in [7, 11) is -3.94. The summed E-state index contributed by atoms with van der Waals surface area (Å²) < 4.78 is 28.9. The number of piperidine rings is 1. The average molecular weight is 563 g/mol. The molecule has 1 N–H and O–H groups in total. The molecule has 0 spiro atoms. The molecule has 2 unspecified atom stereocenters. The Morgan fingerprint density at radius 1 is 1.03 bits per heavy atom. The summed E-state index contributed by atoms with van der Waals surface area (Å²) in [5.41, 5.74) is 0. The molecule has 2 atom stereocenters. The monoisotopic (exact) mass is 562 g/mol. The topological polar surface area (TPSA) is 90.0 Å². The Balaban J connectivity index is 1.42. The number of sulfonamides is 1. The van der Waals surface area contributed by atoms with Gasteiger partial charge < -0.3 is 9.80 Å². The van der Waals surface area contributed by atoms with Gasteiger partial charge in [-0.1, -0.05) is 23.7 Å². The van der Waals surface area contributed by atoms with E-state index in [1.807, 2.05) is 11.0 Å². The van der Waals surface area contributed by atoms with Crippen LogP contribution in [0.5, 0.6) is 0 Å². The van der Waals surface area contributed by atoms with Crippen molar-refractivity contribution >= 4 is 44.2 Å². The first-order valence-corrected chi connectivity index (χ1v) is 15.4. The zero-order chi connectivity index (χ0) is 27.6. The summed E-state index contributed by atoms with van der Waals surface area (Å²) in [6, 6.07) is 10.1. The molecule has 2 heterocycles. The molecule has 2 aromatic carbocycles. The van der Waals surface area contributed by atoms with E-state index in [0.29, 0.717) is 48.4 Å². The molecular formula is C28H39ClN4O4S. The van der Waals surface area contributed by atoms with Gasteiger partial charge in [-0.2, -0.15) is 4.72 Å². The van der Waals surface area contributed by atoms with Gasteiger partial charge in [0.15, 0.2) is 0 Å². The van der Waals surface area contributed by atoms with Crippen molar-refractivity contribution in [2.24, 2.45) is 0 Å². The molecule has 208 valence electrons. The predicted molar refractivity (Wildman–Crippen MR) is 151 cm³/mol.